The fourth-order valence-electron chi connectivity index (χ4n) is 2.01. The topological polar surface area (TPSA) is 58.2 Å². The molecule has 0 saturated carbocycles. The molecule has 1 fully saturated rings. The number of sulfone groups is 1. The second kappa shape index (κ2) is 6.87. The summed E-state index contributed by atoms with van der Waals surface area (Å²) in [5, 5.41) is 6.66. The van der Waals surface area contributed by atoms with Gasteiger partial charge in [-0.25, -0.2) is 8.42 Å². The fourth-order valence-corrected chi connectivity index (χ4v) is 3.56. The zero-order valence-corrected chi connectivity index (χ0v) is 12.8. The molecule has 0 atom stereocenters. The summed E-state index contributed by atoms with van der Waals surface area (Å²) in [7, 11) is -2.89. The lowest BCUT2D eigenvalue weighted by Crippen LogP contribution is -2.41. The Balaban J connectivity index is 2.20. The summed E-state index contributed by atoms with van der Waals surface area (Å²) in [6, 6.07) is 0.490. The van der Waals surface area contributed by atoms with Crippen LogP contribution >= 0.6 is 0 Å². The predicted molar refractivity (Wildman–Crippen MR) is 76.6 cm³/mol. The zero-order chi connectivity index (χ0) is 13.6. The molecule has 0 aromatic heterocycles. The zero-order valence-electron chi connectivity index (χ0n) is 12.0. The third-order valence-corrected chi connectivity index (χ3v) is 5.00. The SMILES string of the molecule is CC(C)(C)CCS(=O)(=O)CCNC1CCNCC1. The number of nitrogens with one attached hydrogen (secondary N) is 2. The quantitative estimate of drug-likeness (QED) is 0.765. The van der Waals surface area contributed by atoms with E-state index in [9.17, 15) is 8.42 Å². The lowest BCUT2D eigenvalue weighted by atomic mass is 9.94. The van der Waals surface area contributed by atoms with Crippen molar-refractivity contribution < 1.29 is 8.42 Å². The Labute approximate surface area is 112 Å². The predicted octanol–water partition coefficient (Wildman–Crippen LogP) is 1.18. The number of piperidine rings is 1. The van der Waals surface area contributed by atoms with Crippen molar-refractivity contribution >= 4 is 9.84 Å². The molecule has 0 bridgehead atoms. The van der Waals surface area contributed by atoms with Gasteiger partial charge in [-0.05, 0) is 37.8 Å². The molecule has 1 aliphatic rings. The van der Waals surface area contributed by atoms with Crippen LogP contribution in [0.5, 0.6) is 0 Å². The Hall–Kier alpha value is -0.130. The molecule has 1 rings (SSSR count). The van der Waals surface area contributed by atoms with Crippen LogP contribution in [0.4, 0.5) is 0 Å². The van der Waals surface area contributed by atoms with Gasteiger partial charge in [0.2, 0.25) is 0 Å². The van der Waals surface area contributed by atoms with Crippen LogP contribution < -0.4 is 10.6 Å². The highest BCUT2D eigenvalue weighted by Gasteiger charge is 2.18. The van der Waals surface area contributed by atoms with Crippen LogP contribution in [0, 0.1) is 5.41 Å². The summed E-state index contributed by atoms with van der Waals surface area (Å²) in [5.74, 6) is 0.581. The monoisotopic (exact) mass is 276 g/mol. The van der Waals surface area contributed by atoms with Gasteiger partial charge < -0.3 is 10.6 Å². The summed E-state index contributed by atoms with van der Waals surface area (Å²) in [4.78, 5) is 0. The van der Waals surface area contributed by atoms with E-state index in [2.05, 4.69) is 31.4 Å². The average Bonchev–Trinajstić information content (AvgIpc) is 2.27. The van der Waals surface area contributed by atoms with Crippen LogP contribution in [0.2, 0.25) is 0 Å². The first-order valence-electron chi connectivity index (χ1n) is 6.93. The molecule has 0 aromatic rings. The molecule has 4 nitrogen and oxygen atoms in total. The molecule has 0 radical (unpaired) electrons. The summed E-state index contributed by atoms with van der Waals surface area (Å²) in [6.45, 7) is 8.90. The van der Waals surface area contributed by atoms with Gasteiger partial charge in [0.1, 0.15) is 0 Å². The van der Waals surface area contributed by atoms with Gasteiger partial charge in [0.05, 0.1) is 11.5 Å². The maximum atomic E-state index is 11.9. The Morgan fingerprint density at radius 2 is 1.78 bits per heavy atom. The highest BCUT2D eigenvalue weighted by molar-refractivity contribution is 7.91. The normalized spacial score (nSPS) is 19.1. The molecule has 0 spiro atoms. The van der Waals surface area contributed by atoms with E-state index in [1.807, 2.05) is 0 Å². The van der Waals surface area contributed by atoms with Crippen LogP contribution in [0.25, 0.3) is 0 Å². The second-order valence-corrected chi connectivity index (χ2v) is 8.74. The summed E-state index contributed by atoms with van der Waals surface area (Å²) in [6.07, 6.45) is 2.94. The van der Waals surface area contributed by atoms with Gasteiger partial charge in [-0.15, -0.1) is 0 Å². The van der Waals surface area contributed by atoms with Gasteiger partial charge in [-0.2, -0.15) is 0 Å². The molecule has 1 aliphatic heterocycles. The lowest BCUT2D eigenvalue weighted by Gasteiger charge is -2.24. The molecular weight excluding hydrogens is 248 g/mol. The number of hydrogen-bond acceptors (Lipinski definition) is 4. The Morgan fingerprint density at radius 1 is 1.17 bits per heavy atom. The summed E-state index contributed by atoms with van der Waals surface area (Å²) in [5.41, 5.74) is 0.0928. The molecule has 2 N–H and O–H groups in total. The van der Waals surface area contributed by atoms with E-state index in [1.54, 1.807) is 0 Å². The maximum absolute atomic E-state index is 11.9. The smallest absolute Gasteiger partial charge is 0.151 e. The van der Waals surface area contributed by atoms with Crippen molar-refractivity contribution in [1.82, 2.24) is 10.6 Å². The van der Waals surface area contributed by atoms with Gasteiger partial charge in [0.15, 0.2) is 9.84 Å². The molecule has 18 heavy (non-hydrogen) atoms. The molecule has 1 heterocycles. The van der Waals surface area contributed by atoms with E-state index in [0.29, 0.717) is 18.3 Å². The summed E-state index contributed by atoms with van der Waals surface area (Å²) < 4.78 is 23.7. The summed E-state index contributed by atoms with van der Waals surface area (Å²) >= 11 is 0. The van der Waals surface area contributed by atoms with E-state index in [4.69, 9.17) is 0 Å². The minimum absolute atomic E-state index is 0.0928. The Morgan fingerprint density at radius 3 is 2.33 bits per heavy atom. The first kappa shape index (κ1) is 15.9. The standard InChI is InChI=1S/C13H28N2O2S/c1-13(2,3)6-10-18(16,17)11-9-15-12-4-7-14-8-5-12/h12,14-15H,4-11H2,1-3H3. The van der Waals surface area contributed by atoms with E-state index in [1.165, 1.54) is 0 Å². The average molecular weight is 276 g/mol. The molecule has 108 valence electrons. The van der Waals surface area contributed by atoms with Crippen LogP contribution in [0.15, 0.2) is 0 Å². The van der Waals surface area contributed by atoms with Crippen molar-refractivity contribution in [1.29, 1.82) is 0 Å². The van der Waals surface area contributed by atoms with Gasteiger partial charge in [-0.1, -0.05) is 20.8 Å². The van der Waals surface area contributed by atoms with E-state index < -0.39 is 9.84 Å². The lowest BCUT2D eigenvalue weighted by molar-refractivity contribution is 0.391. The van der Waals surface area contributed by atoms with Crippen molar-refractivity contribution in [2.45, 2.75) is 46.1 Å². The Bertz CT molecular complexity index is 327. The highest BCUT2D eigenvalue weighted by Crippen LogP contribution is 2.19. The van der Waals surface area contributed by atoms with Crippen molar-refractivity contribution in [2.75, 3.05) is 31.1 Å². The maximum Gasteiger partial charge on any atom is 0.151 e. The molecule has 0 aromatic carbocycles. The molecular formula is C13H28N2O2S. The second-order valence-electron chi connectivity index (χ2n) is 6.44. The highest BCUT2D eigenvalue weighted by atomic mass is 32.2. The molecule has 5 heteroatoms. The molecule has 0 aliphatic carbocycles. The van der Waals surface area contributed by atoms with Gasteiger partial charge in [0.25, 0.3) is 0 Å². The van der Waals surface area contributed by atoms with E-state index in [-0.39, 0.29) is 11.2 Å². The third-order valence-electron chi connectivity index (χ3n) is 3.35. The molecule has 0 amide bonds. The van der Waals surface area contributed by atoms with Crippen molar-refractivity contribution in [3.8, 4) is 0 Å². The first-order valence-corrected chi connectivity index (χ1v) is 8.75. The van der Waals surface area contributed by atoms with Crippen LogP contribution in [-0.4, -0.2) is 45.6 Å². The van der Waals surface area contributed by atoms with Crippen LogP contribution in [0.3, 0.4) is 0 Å². The van der Waals surface area contributed by atoms with E-state index >= 15 is 0 Å². The van der Waals surface area contributed by atoms with Crippen molar-refractivity contribution in [2.24, 2.45) is 5.41 Å². The minimum atomic E-state index is -2.89. The van der Waals surface area contributed by atoms with Crippen molar-refractivity contribution in [3.63, 3.8) is 0 Å². The molecule has 0 unspecified atom stereocenters. The number of rotatable bonds is 6. The largest absolute Gasteiger partial charge is 0.317 e. The van der Waals surface area contributed by atoms with Gasteiger partial charge in [0, 0.05) is 12.6 Å². The third kappa shape index (κ3) is 7.34. The van der Waals surface area contributed by atoms with Crippen LogP contribution in [0.1, 0.15) is 40.0 Å². The van der Waals surface area contributed by atoms with Gasteiger partial charge in [-0.3, -0.25) is 0 Å². The first-order chi connectivity index (χ1) is 8.29. The van der Waals surface area contributed by atoms with Crippen LogP contribution in [-0.2, 0) is 9.84 Å². The Kier molecular flexibility index (Phi) is 6.08. The van der Waals surface area contributed by atoms with E-state index in [0.717, 1.165) is 32.4 Å². The number of hydrogen-bond donors (Lipinski definition) is 2. The minimum Gasteiger partial charge on any atom is -0.317 e. The molecule has 1 saturated heterocycles. The van der Waals surface area contributed by atoms with Crippen molar-refractivity contribution in [3.05, 3.63) is 0 Å². The van der Waals surface area contributed by atoms with Gasteiger partial charge >= 0.3 is 0 Å². The fraction of sp³-hybridized carbons (Fsp3) is 1.00.